The number of esters is 1. The van der Waals surface area contributed by atoms with Gasteiger partial charge in [-0.3, -0.25) is 9.48 Å². The van der Waals surface area contributed by atoms with Crippen molar-refractivity contribution in [2.75, 3.05) is 12.4 Å². The molecule has 0 saturated heterocycles. The minimum atomic E-state index is -0.857. The molecule has 0 aliphatic heterocycles. The fraction of sp³-hybridized carbons (Fsp3) is 0.346. The number of carbonyl (C=O) groups excluding carboxylic acids is 2. The molecule has 1 N–H and O–H groups in total. The average Bonchev–Trinajstić information content (AvgIpc) is 3.21. The molecule has 1 atom stereocenters. The van der Waals surface area contributed by atoms with Crippen molar-refractivity contribution in [2.45, 2.75) is 45.7 Å². The van der Waals surface area contributed by atoms with Crippen LogP contribution in [-0.2, 0) is 21.5 Å². The van der Waals surface area contributed by atoms with Gasteiger partial charge in [0.2, 0.25) is 0 Å². The summed E-state index contributed by atoms with van der Waals surface area (Å²) < 4.78 is 6.69. The fourth-order valence-electron chi connectivity index (χ4n) is 3.42. The van der Waals surface area contributed by atoms with Crippen LogP contribution in [0.5, 0.6) is 0 Å². The Labute approximate surface area is 211 Å². The van der Waals surface area contributed by atoms with E-state index in [1.165, 1.54) is 5.56 Å². The molecule has 0 saturated carbocycles. The Morgan fingerprint density at radius 1 is 1.12 bits per heavy atom. The summed E-state index contributed by atoms with van der Waals surface area (Å²) >= 11 is 10.2. The normalized spacial score (nSPS) is 12.3. The number of amides is 1. The summed E-state index contributed by atoms with van der Waals surface area (Å²) in [7, 11) is 0. The third kappa shape index (κ3) is 6.42. The number of carbonyl (C=O) groups is 2. The smallest absolute Gasteiger partial charge is 0.329 e. The van der Waals surface area contributed by atoms with Crippen LogP contribution in [-0.4, -0.2) is 40.1 Å². The van der Waals surface area contributed by atoms with Gasteiger partial charge in [-0.15, -0.1) is 0 Å². The highest BCUT2D eigenvalue weighted by atomic mass is 35.5. The monoisotopic (exact) mass is 499 g/mol. The molecule has 0 aliphatic carbocycles. The van der Waals surface area contributed by atoms with Gasteiger partial charge in [-0.2, -0.15) is 17.7 Å². The van der Waals surface area contributed by atoms with Gasteiger partial charge in [-0.1, -0.05) is 68.8 Å². The number of ether oxygens (including phenoxy) is 1. The van der Waals surface area contributed by atoms with E-state index >= 15 is 0 Å². The molecule has 2 aromatic carbocycles. The minimum Gasteiger partial charge on any atom is -0.464 e. The first-order valence-corrected chi connectivity index (χ1v) is 12.1. The first-order valence-electron chi connectivity index (χ1n) is 11.1. The Hall–Kier alpha value is -2.77. The van der Waals surface area contributed by atoms with Gasteiger partial charge in [-0.05, 0) is 41.7 Å². The first kappa shape index (κ1) is 25.8. The van der Waals surface area contributed by atoms with Crippen LogP contribution >= 0.6 is 24.2 Å². The van der Waals surface area contributed by atoms with E-state index in [9.17, 15) is 9.59 Å². The SMILES string of the molecule is CCOC(=O)[C@@H](CS)NC(=O)c1cc(-c2ccc(Cl)cc2)nn1Cc1ccc(C(C)(C)C)cc1. The quantitative estimate of drug-likeness (QED) is 0.332. The molecule has 0 bridgehead atoms. The number of halogens is 1. The van der Waals surface area contributed by atoms with Gasteiger partial charge in [0.05, 0.1) is 18.8 Å². The highest BCUT2D eigenvalue weighted by Crippen LogP contribution is 2.24. The largest absolute Gasteiger partial charge is 0.464 e. The predicted molar refractivity (Wildman–Crippen MR) is 139 cm³/mol. The lowest BCUT2D eigenvalue weighted by Crippen LogP contribution is -2.43. The van der Waals surface area contributed by atoms with Gasteiger partial charge in [0.15, 0.2) is 0 Å². The van der Waals surface area contributed by atoms with Crippen molar-refractivity contribution in [1.82, 2.24) is 15.1 Å². The van der Waals surface area contributed by atoms with Crippen molar-refractivity contribution in [1.29, 1.82) is 0 Å². The zero-order valence-electron chi connectivity index (χ0n) is 19.8. The van der Waals surface area contributed by atoms with E-state index in [0.29, 0.717) is 23.0 Å². The number of benzene rings is 2. The maximum atomic E-state index is 13.2. The standard InChI is InChI=1S/C26H30ClN3O3S/c1-5-33-25(32)22(16-34)28-24(31)23-14-21(18-8-12-20(27)13-9-18)29-30(23)15-17-6-10-19(11-7-17)26(2,3)4/h6-14,22,34H,5,15-16H2,1-4H3,(H,28,31)/t22-/m1/s1. The topological polar surface area (TPSA) is 73.2 Å². The fourth-order valence-corrected chi connectivity index (χ4v) is 3.79. The summed E-state index contributed by atoms with van der Waals surface area (Å²) in [4.78, 5) is 25.4. The van der Waals surface area contributed by atoms with E-state index in [1.54, 1.807) is 29.8 Å². The number of thiol groups is 1. The molecular formula is C26H30ClN3O3S. The molecule has 1 amide bonds. The second-order valence-electron chi connectivity index (χ2n) is 8.99. The van der Waals surface area contributed by atoms with Crippen LogP contribution in [0, 0.1) is 0 Å². The second-order valence-corrected chi connectivity index (χ2v) is 9.79. The molecule has 0 fully saturated rings. The first-order chi connectivity index (χ1) is 16.1. The summed E-state index contributed by atoms with van der Waals surface area (Å²) in [6.45, 7) is 8.83. The number of nitrogens with zero attached hydrogens (tertiary/aromatic N) is 2. The molecule has 0 unspecified atom stereocenters. The van der Waals surface area contributed by atoms with Gasteiger partial charge in [0.1, 0.15) is 11.7 Å². The van der Waals surface area contributed by atoms with Crippen molar-refractivity contribution in [2.24, 2.45) is 0 Å². The lowest BCUT2D eigenvalue weighted by atomic mass is 9.87. The second kappa shape index (κ2) is 11.1. The number of aromatic nitrogens is 2. The van der Waals surface area contributed by atoms with Crippen LogP contribution in [0.1, 0.15) is 49.3 Å². The van der Waals surface area contributed by atoms with Gasteiger partial charge < -0.3 is 10.1 Å². The molecule has 0 aliphatic rings. The summed E-state index contributed by atoms with van der Waals surface area (Å²) in [6.07, 6.45) is 0. The molecule has 0 spiro atoms. The predicted octanol–water partition coefficient (Wildman–Crippen LogP) is 5.14. The third-order valence-electron chi connectivity index (χ3n) is 5.36. The third-order valence-corrected chi connectivity index (χ3v) is 5.98. The van der Waals surface area contributed by atoms with Crippen LogP contribution in [0.2, 0.25) is 5.02 Å². The van der Waals surface area contributed by atoms with Crippen LogP contribution in [0.3, 0.4) is 0 Å². The average molecular weight is 500 g/mol. The molecule has 0 radical (unpaired) electrons. The molecular weight excluding hydrogens is 470 g/mol. The molecule has 8 heteroatoms. The van der Waals surface area contributed by atoms with Crippen LogP contribution < -0.4 is 5.32 Å². The van der Waals surface area contributed by atoms with E-state index in [0.717, 1.165) is 11.1 Å². The number of rotatable bonds is 8. The van der Waals surface area contributed by atoms with E-state index in [1.807, 2.05) is 24.3 Å². The maximum Gasteiger partial charge on any atom is 0.329 e. The maximum absolute atomic E-state index is 13.2. The molecule has 34 heavy (non-hydrogen) atoms. The van der Waals surface area contributed by atoms with E-state index in [-0.39, 0.29) is 17.8 Å². The summed E-state index contributed by atoms with van der Waals surface area (Å²) in [5.74, 6) is -0.824. The van der Waals surface area contributed by atoms with E-state index in [4.69, 9.17) is 16.3 Å². The van der Waals surface area contributed by atoms with E-state index in [2.05, 4.69) is 55.9 Å². The van der Waals surface area contributed by atoms with Crippen molar-refractivity contribution >= 4 is 36.1 Å². The van der Waals surface area contributed by atoms with Crippen LogP contribution in [0.15, 0.2) is 54.6 Å². The zero-order chi connectivity index (χ0) is 24.9. The highest BCUT2D eigenvalue weighted by Gasteiger charge is 2.24. The van der Waals surface area contributed by atoms with Gasteiger partial charge in [0.25, 0.3) is 5.91 Å². The summed E-state index contributed by atoms with van der Waals surface area (Å²) in [5.41, 5.74) is 4.07. The van der Waals surface area contributed by atoms with Gasteiger partial charge >= 0.3 is 5.97 Å². The Balaban J connectivity index is 1.94. The summed E-state index contributed by atoms with van der Waals surface area (Å²) in [6, 6.07) is 16.4. The summed E-state index contributed by atoms with van der Waals surface area (Å²) in [5, 5.41) is 8.03. The Bertz CT molecular complexity index is 1140. The minimum absolute atomic E-state index is 0.0476. The number of nitrogens with one attached hydrogen (secondary N) is 1. The van der Waals surface area contributed by atoms with Crippen molar-refractivity contribution in [3.05, 3.63) is 76.4 Å². The van der Waals surface area contributed by atoms with Crippen molar-refractivity contribution in [3.63, 3.8) is 0 Å². The molecule has 1 heterocycles. The Morgan fingerprint density at radius 3 is 2.32 bits per heavy atom. The van der Waals surface area contributed by atoms with Crippen LogP contribution in [0.4, 0.5) is 0 Å². The number of hydrogen-bond acceptors (Lipinski definition) is 5. The molecule has 3 rings (SSSR count). The lowest BCUT2D eigenvalue weighted by molar-refractivity contribution is -0.144. The molecule has 3 aromatic rings. The lowest BCUT2D eigenvalue weighted by Gasteiger charge is -2.19. The number of hydrogen-bond donors (Lipinski definition) is 2. The van der Waals surface area contributed by atoms with Crippen molar-refractivity contribution < 1.29 is 14.3 Å². The zero-order valence-corrected chi connectivity index (χ0v) is 21.5. The molecule has 6 nitrogen and oxygen atoms in total. The van der Waals surface area contributed by atoms with E-state index < -0.39 is 17.9 Å². The molecule has 1 aromatic heterocycles. The Morgan fingerprint density at radius 2 is 1.76 bits per heavy atom. The van der Waals surface area contributed by atoms with Gasteiger partial charge in [-0.25, -0.2) is 4.79 Å². The Kier molecular flexibility index (Phi) is 8.44. The van der Waals surface area contributed by atoms with Crippen molar-refractivity contribution in [3.8, 4) is 11.3 Å². The molecule has 180 valence electrons. The van der Waals surface area contributed by atoms with Crippen LogP contribution in [0.25, 0.3) is 11.3 Å². The van der Waals surface area contributed by atoms with Gasteiger partial charge in [0, 0.05) is 16.3 Å². The highest BCUT2D eigenvalue weighted by molar-refractivity contribution is 7.80.